The molecule has 1 saturated carbocycles. The van der Waals surface area contributed by atoms with Crippen molar-refractivity contribution < 1.29 is 18.0 Å². The van der Waals surface area contributed by atoms with E-state index in [9.17, 15) is 18.0 Å². The van der Waals surface area contributed by atoms with Gasteiger partial charge in [-0.05, 0) is 68.0 Å². The molecule has 30 heavy (non-hydrogen) atoms. The summed E-state index contributed by atoms with van der Waals surface area (Å²) in [4.78, 5) is 24.6. The largest absolute Gasteiger partial charge is 0.273 e. The highest BCUT2D eigenvalue weighted by Crippen LogP contribution is 2.28. The van der Waals surface area contributed by atoms with Crippen molar-refractivity contribution in [1.29, 1.82) is 0 Å². The van der Waals surface area contributed by atoms with Gasteiger partial charge in [0.15, 0.2) is 0 Å². The zero-order chi connectivity index (χ0) is 21.6. The number of sulfonamides is 1. The molecule has 9 heteroatoms. The molecule has 2 aromatic rings. The maximum atomic E-state index is 12.4. The molecule has 0 atom stereocenters. The van der Waals surface area contributed by atoms with E-state index in [0.29, 0.717) is 24.9 Å². The fourth-order valence-electron chi connectivity index (χ4n) is 3.44. The van der Waals surface area contributed by atoms with Gasteiger partial charge in [-0.2, -0.15) is 0 Å². The lowest BCUT2D eigenvalue weighted by Crippen LogP contribution is -2.45. The van der Waals surface area contributed by atoms with Crippen LogP contribution in [0.5, 0.6) is 0 Å². The highest BCUT2D eigenvalue weighted by Gasteiger charge is 2.27. The molecule has 3 N–H and O–H groups in total. The Morgan fingerprint density at radius 2 is 1.53 bits per heavy atom. The maximum absolute atomic E-state index is 12.4. The fraction of sp³-hybridized carbons (Fsp3) is 0.333. The zero-order valence-electron chi connectivity index (χ0n) is 16.3. The Hall–Kier alpha value is -2.23. The summed E-state index contributed by atoms with van der Waals surface area (Å²) in [6, 6.07) is 15.1. The molecule has 0 aliphatic heterocycles. The van der Waals surface area contributed by atoms with Gasteiger partial charge >= 0.3 is 0 Å². The molecular formula is C21H24BrN3O4S. The minimum atomic E-state index is -3.55. The summed E-state index contributed by atoms with van der Waals surface area (Å²) in [6.45, 7) is 0.345. The van der Waals surface area contributed by atoms with Gasteiger partial charge in [0.05, 0.1) is 4.90 Å². The molecule has 3 rings (SSSR count). The summed E-state index contributed by atoms with van der Waals surface area (Å²) in [6.07, 6.45) is 2.79. The molecule has 1 fully saturated rings. The van der Waals surface area contributed by atoms with E-state index < -0.39 is 10.0 Å². The highest BCUT2D eigenvalue weighted by molar-refractivity contribution is 9.10. The summed E-state index contributed by atoms with van der Waals surface area (Å²) in [5, 5.41) is 0. The van der Waals surface area contributed by atoms with Crippen molar-refractivity contribution in [3.63, 3.8) is 0 Å². The van der Waals surface area contributed by atoms with E-state index in [1.807, 2.05) is 6.07 Å². The van der Waals surface area contributed by atoms with Crippen LogP contribution in [0.4, 0.5) is 0 Å². The fourth-order valence-corrected chi connectivity index (χ4v) is 4.82. The van der Waals surface area contributed by atoms with Gasteiger partial charge in [0.25, 0.3) is 5.91 Å². The first-order valence-electron chi connectivity index (χ1n) is 9.75. The van der Waals surface area contributed by atoms with Gasteiger partial charge in [0.1, 0.15) is 0 Å². The lowest BCUT2D eigenvalue weighted by atomic mass is 9.82. The van der Waals surface area contributed by atoms with E-state index in [1.165, 1.54) is 0 Å². The van der Waals surface area contributed by atoms with Crippen LogP contribution in [0.15, 0.2) is 64.0 Å². The monoisotopic (exact) mass is 493 g/mol. The predicted molar refractivity (Wildman–Crippen MR) is 117 cm³/mol. The van der Waals surface area contributed by atoms with E-state index in [-0.39, 0.29) is 28.5 Å². The number of hydrazine groups is 1. The molecule has 0 aromatic heterocycles. The third-order valence-corrected chi connectivity index (χ3v) is 7.21. The van der Waals surface area contributed by atoms with Crippen LogP contribution in [0.1, 0.15) is 36.0 Å². The Labute approximate surface area is 184 Å². The number of hydrogen-bond donors (Lipinski definition) is 3. The molecule has 1 aliphatic carbocycles. The van der Waals surface area contributed by atoms with Crippen LogP contribution in [0.2, 0.25) is 0 Å². The van der Waals surface area contributed by atoms with Crippen LogP contribution < -0.4 is 15.6 Å². The van der Waals surface area contributed by atoms with Crippen LogP contribution >= 0.6 is 15.9 Å². The normalized spacial score (nSPS) is 19.1. The molecule has 0 heterocycles. The zero-order valence-corrected chi connectivity index (χ0v) is 18.7. The van der Waals surface area contributed by atoms with Crippen molar-refractivity contribution in [2.24, 2.45) is 11.8 Å². The van der Waals surface area contributed by atoms with E-state index >= 15 is 0 Å². The predicted octanol–water partition coefficient (Wildman–Crippen LogP) is 3.00. The molecule has 7 nitrogen and oxygen atoms in total. The van der Waals surface area contributed by atoms with Crippen LogP contribution in [0.25, 0.3) is 0 Å². The van der Waals surface area contributed by atoms with Crippen molar-refractivity contribution in [3.8, 4) is 0 Å². The second kappa shape index (κ2) is 10.2. The first kappa shape index (κ1) is 22.5. The molecule has 0 saturated heterocycles. The third-order valence-electron chi connectivity index (χ3n) is 5.24. The van der Waals surface area contributed by atoms with Crippen molar-refractivity contribution in [3.05, 3.63) is 64.6 Å². The van der Waals surface area contributed by atoms with E-state index in [4.69, 9.17) is 0 Å². The molecule has 0 spiro atoms. The van der Waals surface area contributed by atoms with Gasteiger partial charge < -0.3 is 0 Å². The SMILES string of the molecule is O=C(NNC(=O)C1CCC(CNS(=O)(=O)c2ccc(Br)cc2)CC1)c1ccccc1. The molecule has 160 valence electrons. The minimum Gasteiger partial charge on any atom is -0.273 e. The molecule has 0 bridgehead atoms. The highest BCUT2D eigenvalue weighted by atomic mass is 79.9. The van der Waals surface area contributed by atoms with E-state index in [0.717, 1.165) is 17.3 Å². The minimum absolute atomic E-state index is 0.179. The number of amides is 2. The lowest BCUT2D eigenvalue weighted by molar-refractivity contribution is -0.127. The van der Waals surface area contributed by atoms with Gasteiger partial charge in [-0.3, -0.25) is 20.4 Å². The summed E-state index contributed by atoms with van der Waals surface area (Å²) in [5.74, 6) is -0.591. The number of rotatable bonds is 6. The number of hydrogen-bond acceptors (Lipinski definition) is 4. The summed E-state index contributed by atoms with van der Waals surface area (Å²) in [5.41, 5.74) is 5.41. The van der Waals surface area contributed by atoms with Gasteiger partial charge in [0, 0.05) is 22.5 Å². The van der Waals surface area contributed by atoms with E-state index in [1.54, 1.807) is 48.5 Å². The molecule has 2 aromatic carbocycles. The molecular weight excluding hydrogens is 470 g/mol. The Morgan fingerprint density at radius 1 is 0.900 bits per heavy atom. The molecule has 0 unspecified atom stereocenters. The van der Waals surface area contributed by atoms with Gasteiger partial charge in [-0.25, -0.2) is 13.1 Å². The molecule has 0 radical (unpaired) electrons. The summed E-state index contributed by atoms with van der Waals surface area (Å²) < 4.78 is 28.3. The van der Waals surface area contributed by atoms with Gasteiger partial charge in [-0.1, -0.05) is 34.1 Å². The summed E-state index contributed by atoms with van der Waals surface area (Å²) in [7, 11) is -3.55. The number of carbonyl (C=O) groups is 2. The van der Waals surface area contributed by atoms with E-state index in [2.05, 4.69) is 31.5 Å². The Bertz CT molecular complexity index is 973. The number of carbonyl (C=O) groups excluding carboxylic acids is 2. The first-order valence-corrected chi connectivity index (χ1v) is 12.0. The third kappa shape index (κ3) is 6.13. The first-order chi connectivity index (χ1) is 14.3. The average molecular weight is 494 g/mol. The lowest BCUT2D eigenvalue weighted by Gasteiger charge is -2.27. The molecule has 1 aliphatic rings. The number of nitrogens with one attached hydrogen (secondary N) is 3. The second-order valence-electron chi connectivity index (χ2n) is 7.33. The molecule has 2 amide bonds. The number of halogens is 1. The second-order valence-corrected chi connectivity index (χ2v) is 10.0. The van der Waals surface area contributed by atoms with Crippen molar-refractivity contribution in [2.75, 3.05) is 6.54 Å². The Kier molecular flexibility index (Phi) is 7.63. The van der Waals surface area contributed by atoms with Crippen LogP contribution in [-0.4, -0.2) is 26.8 Å². The van der Waals surface area contributed by atoms with Crippen molar-refractivity contribution >= 4 is 37.8 Å². The van der Waals surface area contributed by atoms with Crippen LogP contribution in [0, 0.1) is 11.8 Å². The Morgan fingerprint density at radius 3 is 2.17 bits per heavy atom. The average Bonchev–Trinajstić information content (AvgIpc) is 2.77. The van der Waals surface area contributed by atoms with Gasteiger partial charge in [-0.15, -0.1) is 0 Å². The van der Waals surface area contributed by atoms with Crippen LogP contribution in [-0.2, 0) is 14.8 Å². The Balaban J connectivity index is 1.41. The maximum Gasteiger partial charge on any atom is 0.269 e. The smallest absolute Gasteiger partial charge is 0.269 e. The summed E-state index contributed by atoms with van der Waals surface area (Å²) >= 11 is 3.29. The quantitative estimate of drug-likeness (QED) is 0.537. The number of benzene rings is 2. The van der Waals surface area contributed by atoms with Crippen molar-refractivity contribution in [1.82, 2.24) is 15.6 Å². The standard InChI is InChI=1S/C21H24BrN3O4S/c22-18-10-12-19(13-11-18)30(28,29)23-14-15-6-8-17(9-7-15)21(27)25-24-20(26)16-4-2-1-3-5-16/h1-5,10-13,15,17,23H,6-9,14H2,(H,24,26)(H,25,27). The van der Waals surface area contributed by atoms with Crippen LogP contribution in [0.3, 0.4) is 0 Å². The topological polar surface area (TPSA) is 104 Å². The van der Waals surface area contributed by atoms with Gasteiger partial charge in [0.2, 0.25) is 15.9 Å². The van der Waals surface area contributed by atoms with Crippen molar-refractivity contribution in [2.45, 2.75) is 30.6 Å².